The highest BCUT2D eigenvalue weighted by Gasteiger charge is 2.26. The van der Waals surface area contributed by atoms with Crippen molar-refractivity contribution in [2.75, 3.05) is 18.5 Å². The van der Waals surface area contributed by atoms with Gasteiger partial charge in [0.2, 0.25) is 0 Å². The van der Waals surface area contributed by atoms with Crippen LogP contribution in [0.15, 0.2) is 48.5 Å². The van der Waals surface area contributed by atoms with Crippen LogP contribution >= 0.6 is 11.6 Å². The van der Waals surface area contributed by atoms with E-state index in [1.54, 1.807) is 0 Å². The Bertz CT molecular complexity index is 1090. The Kier molecular flexibility index (Phi) is 4.86. The van der Waals surface area contributed by atoms with Crippen molar-refractivity contribution in [3.05, 3.63) is 70.4 Å². The first-order valence-corrected chi connectivity index (χ1v) is 10.4. The molecule has 1 N–H and O–H groups in total. The van der Waals surface area contributed by atoms with Gasteiger partial charge in [0.05, 0.1) is 30.6 Å². The number of benzene rings is 2. The summed E-state index contributed by atoms with van der Waals surface area (Å²) < 4.78 is 7.52. The molecule has 0 fully saturated rings. The highest BCUT2D eigenvalue weighted by molar-refractivity contribution is 6.30. The van der Waals surface area contributed by atoms with Crippen LogP contribution in [0, 0.1) is 6.92 Å². The summed E-state index contributed by atoms with van der Waals surface area (Å²) in [6.07, 6.45) is 4.06. The Morgan fingerprint density at radius 1 is 1.21 bits per heavy atom. The van der Waals surface area contributed by atoms with E-state index in [4.69, 9.17) is 16.3 Å². The minimum absolute atomic E-state index is 0.157. The number of fused-ring (bicyclic) bond motifs is 3. The lowest BCUT2D eigenvalue weighted by molar-refractivity contribution is 0.161. The van der Waals surface area contributed by atoms with Gasteiger partial charge in [-0.05, 0) is 60.7 Å². The van der Waals surface area contributed by atoms with Crippen LogP contribution in [0.25, 0.3) is 16.8 Å². The zero-order chi connectivity index (χ0) is 19.8. The smallest absolute Gasteiger partial charge is 0.0918 e. The van der Waals surface area contributed by atoms with E-state index in [9.17, 15) is 0 Å². The standard InChI is InChI=1S/C23H23ClN4O/c1-15-23-20-6-5-17(16-8-11-29-12-9-16)13-21(20)22(7-10-28(23)27-26-15)25-19-4-2-3-18(24)14-19/h2-6,8,13-14,22,25H,7,9-12H2,1H3. The summed E-state index contributed by atoms with van der Waals surface area (Å²) in [7, 11) is 0. The summed E-state index contributed by atoms with van der Waals surface area (Å²) in [6.45, 7) is 4.31. The number of ether oxygens (including phenoxy) is 1. The molecular formula is C23H23ClN4O. The second-order valence-electron chi connectivity index (χ2n) is 7.60. The normalized spacial score (nSPS) is 18.4. The lowest BCUT2D eigenvalue weighted by atomic mass is 9.91. The Morgan fingerprint density at radius 2 is 2.14 bits per heavy atom. The van der Waals surface area contributed by atoms with Crippen molar-refractivity contribution in [3.63, 3.8) is 0 Å². The lowest BCUT2D eigenvalue weighted by Crippen LogP contribution is -2.13. The topological polar surface area (TPSA) is 52.0 Å². The number of hydrogen-bond acceptors (Lipinski definition) is 4. The Labute approximate surface area is 175 Å². The molecule has 3 heterocycles. The molecule has 6 heteroatoms. The van der Waals surface area contributed by atoms with Crippen molar-refractivity contribution in [2.45, 2.75) is 32.4 Å². The van der Waals surface area contributed by atoms with Crippen molar-refractivity contribution >= 4 is 22.9 Å². The van der Waals surface area contributed by atoms with Gasteiger partial charge >= 0.3 is 0 Å². The molecule has 5 rings (SSSR count). The molecule has 0 spiro atoms. The maximum atomic E-state index is 6.22. The highest BCUT2D eigenvalue weighted by atomic mass is 35.5. The van der Waals surface area contributed by atoms with Crippen molar-refractivity contribution in [2.24, 2.45) is 0 Å². The molecule has 5 nitrogen and oxygen atoms in total. The molecule has 2 aliphatic rings. The third kappa shape index (κ3) is 3.56. The third-order valence-electron chi connectivity index (χ3n) is 5.71. The fourth-order valence-corrected chi connectivity index (χ4v) is 4.47. The van der Waals surface area contributed by atoms with Gasteiger partial charge in [-0.25, -0.2) is 4.68 Å². The Hall–Kier alpha value is -2.63. The van der Waals surface area contributed by atoms with Crippen LogP contribution in [0.5, 0.6) is 0 Å². The molecule has 0 bridgehead atoms. The van der Waals surface area contributed by atoms with Crippen LogP contribution < -0.4 is 5.32 Å². The van der Waals surface area contributed by atoms with E-state index in [-0.39, 0.29) is 6.04 Å². The van der Waals surface area contributed by atoms with E-state index < -0.39 is 0 Å². The number of nitrogens with one attached hydrogen (secondary N) is 1. The van der Waals surface area contributed by atoms with Crippen LogP contribution in [0.1, 0.15) is 35.7 Å². The highest BCUT2D eigenvalue weighted by Crippen LogP contribution is 2.39. The number of rotatable bonds is 3. The molecule has 2 aromatic carbocycles. The van der Waals surface area contributed by atoms with Gasteiger partial charge in [0.15, 0.2) is 0 Å². The number of hydrogen-bond donors (Lipinski definition) is 1. The maximum Gasteiger partial charge on any atom is 0.0918 e. The van der Waals surface area contributed by atoms with Crippen molar-refractivity contribution in [1.29, 1.82) is 0 Å². The average molecular weight is 407 g/mol. The first-order valence-electron chi connectivity index (χ1n) is 10.0. The monoisotopic (exact) mass is 406 g/mol. The molecule has 1 unspecified atom stereocenters. The molecule has 0 amide bonds. The van der Waals surface area contributed by atoms with Gasteiger partial charge in [0.25, 0.3) is 0 Å². The number of nitrogens with zero attached hydrogens (tertiary/aromatic N) is 3. The van der Waals surface area contributed by atoms with Crippen LogP contribution in [-0.4, -0.2) is 28.2 Å². The van der Waals surface area contributed by atoms with Gasteiger partial charge in [-0.3, -0.25) is 0 Å². The zero-order valence-electron chi connectivity index (χ0n) is 16.4. The molecule has 1 aromatic heterocycles. The van der Waals surface area contributed by atoms with Gasteiger partial charge in [-0.1, -0.05) is 41.1 Å². The van der Waals surface area contributed by atoms with Crippen molar-refractivity contribution in [1.82, 2.24) is 15.0 Å². The number of aromatic nitrogens is 3. The van der Waals surface area contributed by atoms with Gasteiger partial charge in [0.1, 0.15) is 0 Å². The number of anilines is 1. The summed E-state index contributed by atoms with van der Waals surface area (Å²) in [5.41, 5.74) is 8.20. The average Bonchev–Trinajstić information content (AvgIpc) is 3.03. The maximum absolute atomic E-state index is 6.22. The quantitative estimate of drug-likeness (QED) is 0.644. The summed E-state index contributed by atoms with van der Waals surface area (Å²) in [5, 5.41) is 13.1. The summed E-state index contributed by atoms with van der Waals surface area (Å²) in [5.74, 6) is 0. The summed E-state index contributed by atoms with van der Waals surface area (Å²) in [4.78, 5) is 0. The lowest BCUT2D eigenvalue weighted by Gasteiger charge is -2.22. The van der Waals surface area contributed by atoms with Gasteiger partial charge in [-0.2, -0.15) is 0 Å². The molecule has 1 atom stereocenters. The molecule has 0 aliphatic carbocycles. The Morgan fingerprint density at radius 3 is 2.97 bits per heavy atom. The third-order valence-corrected chi connectivity index (χ3v) is 5.95. The van der Waals surface area contributed by atoms with Gasteiger partial charge < -0.3 is 10.1 Å². The predicted molar refractivity (Wildman–Crippen MR) is 116 cm³/mol. The number of aryl methyl sites for hydroxylation is 2. The molecule has 3 aromatic rings. The zero-order valence-corrected chi connectivity index (χ0v) is 17.1. The first kappa shape index (κ1) is 18.4. The SMILES string of the molecule is Cc1nnn2c1-c1ccc(C3=CCOCC3)cc1C(Nc1cccc(Cl)c1)CC2. The number of halogens is 1. The predicted octanol–water partition coefficient (Wildman–Crippen LogP) is 5.27. The van der Waals surface area contributed by atoms with E-state index >= 15 is 0 Å². The molecule has 0 radical (unpaired) electrons. The largest absolute Gasteiger partial charge is 0.378 e. The molecule has 148 valence electrons. The van der Waals surface area contributed by atoms with E-state index in [0.29, 0.717) is 6.61 Å². The molecule has 0 saturated carbocycles. The minimum atomic E-state index is 0.157. The van der Waals surface area contributed by atoms with Crippen LogP contribution in [0.2, 0.25) is 5.02 Å². The second kappa shape index (κ2) is 7.65. The van der Waals surface area contributed by atoms with Crippen LogP contribution in [0.3, 0.4) is 0 Å². The van der Waals surface area contributed by atoms with Crippen LogP contribution in [0.4, 0.5) is 5.69 Å². The van der Waals surface area contributed by atoms with E-state index in [2.05, 4.69) is 46.0 Å². The van der Waals surface area contributed by atoms with E-state index in [1.165, 1.54) is 22.3 Å². The Balaban J connectivity index is 1.61. The molecule has 29 heavy (non-hydrogen) atoms. The summed E-state index contributed by atoms with van der Waals surface area (Å²) in [6, 6.07) is 14.8. The van der Waals surface area contributed by atoms with Gasteiger partial charge in [0, 0.05) is 22.8 Å². The van der Waals surface area contributed by atoms with E-state index in [0.717, 1.165) is 48.1 Å². The van der Waals surface area contributed by atoms with Crippen molar-refractivity contribution < 1.29 is 4.74 Å². The fourth-order valence-electron chi connectivity index (χ4n) is 4.28. The first-order chi connectivity index (χ1) is 14.2. The van der Waals surface area contributed by atoms with Crippen molar-refractivity contribution in [3.8, 4) is 11.3 Å². The molecule has 2 aliphatic heterocycles. The fraction of sp³-hybridized carbons (Fsp3) is 0.304. The second-order valence-corrected chi connectivity index (χ2v) is 8.04. The molecule has 0 saturated heterocycles. The van der Waals surface area contributed by atoms with E-state index in [1.807, 2.05) is 29.8 Å². The minimum Gasteiger partial charge on any atom is -0.378 e. The summed E-state index contributed by atoms with van der Waals surface area (Å²) >= 11 is 6.22. The van der Waals surface area contributed by atoms with Crippen LogP contribution in [-0.2, 0) is 11.3 Å². The molecular weight excluding hydrogens is 384 g/mol. The van der Waals surface area contributed by atoms with Gasteiger partial charge in [-0.15, -0.1) is 5.10 Å².